The monoisotopic (exact) mass is 316 g/mol. The first-order valence-electron chi connectivity index (χ1n) is 7.64. The number of nitrogens with zero attached hydrogens (tertiary/aromatic N) is 1. The van der Waals surface area contributed by atoms with Gasteiger partial charge in [0.25, 0.3) is 5.91 Å². The van der Waals surface area contributed by atoms with Gasteiger partial charge < -0.3 is 4.74 Å². The fourth-order valence-electron chi connectivity index (χ4n) is 2.49. The Kier molecular flexibility index (Phi) is 4.43. The highest BCUT2D eigenvalue weighted by atomic mass is 32.1. The van der Waals surface area contributed by atoms with Crippen LogP contribution in [0.3, 0.4) is 0 Å². The molecule has 3 rings (SSSR count). The van der Waals surface area contributed by atoms with E-state index in [4.69, 9.17) is 4.74 Å². The van der Waals surface area contributed by atoms with E-state index in [0.29, 0.717) is 10.9 Å². The minimum atomic E-state index is -0.552. The lowest BCUT2D eigenvalue weighted by atomic mass is 10.0. The molecule has 1 aromatic carbocycles. The zero-order valence-corrected chi connectivity index (χ0v) is 13.7. The van der Waals surface area contributed by atoms with Crippen LogP contribution in [0.2, 0.25) is 0 Å². The Bertz CT molecular complexity index is 640. The predicted octanol–water partition coefficient (Wildman–Crippen LogP) is 3.74. The van der Waals surface area contributed by atoms with Crippen LogP contribution in [0.5, 0.6) is 5.75 Å². The number of carbonyl (C=O) groups is 1. The summed E-state index contributed by atoms with van der Waals surface area (Å²) < 4.78 is 5.67. The average Bonchev–Trinajstić information content (AvgIpc) is 2.91. The van der Waals surface area contributed by atoms with Crippen LogP contribution >= 0.6 is 11.3 Å². The second kappa shape index (κ2) is 6.48. The molecule has 1 N–H and O–H groups in total. The summed E-state index contributed by atoms with van der Waals surface area (Å²) in [5.74, 6) is 0.540. The van der Waals surface area contributed by atoms with Crippen molar-refractivity contribution in [3.8, 4) is 5.75 Å². The average molecular weight is 316 g/mol. The summed E-state index contributed by atoms with van der Waals surface area (Å²) in [6, 6.07) is 7.69. The molecule has 1 amide bonds. The lowest BCUT2D eigenvalue weighted by Crippen LogP contribution is -2.30. The fraction of sp³-hybridized carbons (Fsp3) is 0.412. The van der Waals surface area contributed by atoms with Crippen LogP contribution in [0.4, 0.5) is 5.13 Å². The summed E-state index contributed by atoms with van der Waals surface area (Å²) in [5, 5.41) is 3.56. The van der Waals surface area contributed by atoms with Crippen LogP contribution in [-0.2, 0) is 17.6 Å². The van der Waals surface area contributed by atoms with Crippen molar-refractivity contribution in [3.63, 3.8) is 0 Å². The summed E-state index contributed by atoms with van der Waals surface area (Å²) in [5.41, 5.74) is 2.32. The number of aryl methyl sites for hydroxylation is 3. The number of amides is 1. The molecule has 1 heterocycles. The number of aromatic nitrogens is 1. The van der Waals surface area contributed by atoms with Gasteiger partial charge >= 0.3 is 0 Å². The standard InChI is InChI=1S/C17H20N2O2S/c1-11-7-9-13(10-8-11)21-12(2)16(20)19-17-18-14-5-3-4-6-15(14)22-17/h7-10,12H,3-6H2,1-2H3,(H,18,19,20). The van der Waals surface area contributed by atoms with Crippen molar-refractivity contribution in [1.82, 2.24) is 4.98 Å². The molecule has 0 bridgehead atoms. The Hall–Kier alpha value is -1.88. The van der Waals surface area contributed by atoms with Crippen molar-refractivity contribution in [2.24, 2.45) is 0 Å². The number of anilines is 1. The highest BCUT2D eigenvalue weighted by Crippen LogP contribution is 2.29. The van der Waals surface area contributed by atoms with Gasteiger partial charge in [0.1, 0.15) is 5.75 Å². The van der Waals surface area contributed by atoms with Crippen LogP contribution < -0.4 is 10.1 Å². The van der Waals surface area contributed by atoms with Crippen molar-refractivity contribution in [2.75, 3.05) is 5.32 Å². The topological polar surface area (TPSA) is 51.2 Å². The molecule has 1 aromatic heterocycles. The minimum absolute atomic E-state index is 0.160. The van der Waals surface area contributed by atoms with Crippen LogP contribution in [0.15, 0.2) is 24.3 Å². The number of fused-ring (bicyclic) bond motifs is 1. The highest BCUT2D eigenvalue weighted by Gasteiger charge is 2.19. The molecule has 0 aliphatic heterocycles. The molecule has 0 fully saturated rings. The Morgan fingerprint density at radius 2 is 2.00 bits per heavy atom. The molecule has 0 spiro atoms. The molecule has 1 aliphatic carbocycles. The van der Waals surface area contributed by atoms with Gasteiger partial charge in [0.2, 0.25) is 0 Å². The van der Waals surface area contributed by atoms with Crippen LogP contribution in [-0.4, -0.2) is 17.0 Å². The molecule has 1 aliphatic rings. The van der Waals surface area contributed by atoms with E-state index < -0.39 is 6.10 Å². The maximum Gasteiger partial charge on any atom is 0.266 e. The molecule has 116 valence electrons. The zero-order chi connectivity index (χ0) is 15.5. The summed E-state index contributed by atoms with van der Waals surface area (Å²) in [4.78, 5) is 18.1. The van der Waals surface area contributed by atoms with Gasteiger partial charge in [-0.1, -0.05) is 17.7 Å². The number of benzene rings is 1. The van der Waals surface area contributed by atoms with Crippen LogP contribution in [0.1, 0.15) is 35.9 Å². The van der Waals surface area contributed by atoms with Gasteiger partial charge in [-0.3, -0.25) is 10.1 Å². The third-order valence-corrected chi connectivity index (χ3v) is 4.85. The molecule has 2 aromatic rings. The lowest BCUT2D eigenvalue weighted by Gasteiger charge is -2.13. The fourth-order valence-corrected chi connectivity index (χ4v) is 3.54. The van der Waals surface area contributed by atoms with Crippen LogP contribution in [0, 0.1) is 6.92 Å². The highest BCUT2D eigenvalue weighted by molar-refractivity contribution is 7.15. The van der Waals surface area contributed by atoms with Gasteiger partial charge in [0.15, 0.2) is 11.2 Å². The van der Waals surface area contributed by atoms with E-state index in [1.807, 2.05) is 31.2 Å². The maximum atomic E-state index is 12.2. The number of hydrogen-bond acceptors (Lipinski definition) is 4. The molecule has 1 unspecified atom stereocenters. The summed E-state index contributed by atoms with van der Waals surface area (Å²) in [6.45, 7) is 3.77. The number of ether oxygens (including phenoxy) is 1. The van der Waals surface area contributed by atoms with Gasteiger partial charge in [0, 0.05) is 4.88 Å². The number of nitrogens with one attached hydrogen (secondary N) is 1. The van der Waals surface area contributed by atoms with Crippen molar-refractivity contribution in [2.45, 2.75) is 45.6 Å². The van der Waals surface area contributed by atoms with E-state index in [-0.39, 0.29) is 5.91 Å². The van der Waals surface area contributed by atoms with Crippen molar-refractivity contribution >= 4 is 22.4 Å². The van der Waals surface area contributed by atoms with Crippen molar-refractivity contribution in [3.05, 3.63) is 40.4 Å². The first-order chi connectivity index (χ1) is 10.6. The van der Waals surface area contributed by atoms with E-state index in [1.165, 1.54) is 17.7 Å². The second-order valence-electron chi connectivity index (χ2n) is 5.66. The number of carbonyl (C=O) groups excluding carboxylic acids is 1. The predicted molar refractivity (Wildman–Crippen MR) is 88.7 cm³/mol. The molecule has 0 saturated carbocycles. The minimum Gasteiger partial charge on any atom is -0.481 e. The number of hydrogen-bond donors (Lipinski definition) is 1. The van der Waals surface area contributed by atoms with Gasteiger partial charge in [-0.25, -0.2) is 4.98 Å². The molecular formula is C17H20N2O2S. The largest absolute Gasteiger partial charge is 0.481 e. The van der Waals surface area contributed by atoms with Crippen molar-refractivity contribution in [1.29, 1.82) is 0 Å². The first kappa shape index (κ1) is 15.0. The van der Waals surface area contributed by atoms with Gasteiger partial charge in [-0.05, 0) is 51.7 Å². The van der Waals surface area contributed by atoms with Crippen LogP contribution in [0.25, 0.3) is 0 Å². The van der Waals surface area contributed by atoms with Gasteiger partial charge in [-0.15, -0.1) is 11.3 Å². The SMILES string of the molecule is Cc1ccc(OC(C)C(=O)Nc2nc3c(s2)CCCC3)cc1. The Labute approximate surface area is 134 Å². The van der Waals surface area contributed by atoms with E-state index in [0.717, 1.165) is 24.1 Å². The van der Waals surface area contributed by atoms with Gasteiger partial charge in [0.05, 0.1) is 5.69 Å². The maximum absolute atomic E-state index is 12.2. The van der Waals surface area contributed by atoms with Gasteiger partial charge in [-0.2, -0.15) is 0 Å². The quantitative estimate of drug-likeness (QED) is 0.935. The molecule has 4 nitrogen and oxygen atoms in total. The lowest BCUT2D eigenvalue weighted by molar-refractivity contribution is -0.122. The Morgan fingerprint density at radius 1 is 1.27 bits per heavy atom. The normalized spacial score (nSPS) is 15.0. The van der Waals surface area contributed by atoms with E-state index in [9.17, 15) is 4.79 Å². The van der Waals surface area contributed by atoms with Crippen molar-refractivity contribution < 1.29 is 9.53 Å². The summed E-state index contributed by atoms with van der Waals surface area (Å²) in [7, 11) is 0. The Balaban J connectivity index is 1.61. The number of rotatable bonds is 4. The van der Waals surface area contributed by atoms with E-state index in [2.05, 4.69) is 10.3 Å². The van der Waals surface area contributed by atoms with E-state index >= 15 is 0 Å². The molecule has 5 heteroatoms. The molecule has 0 radical (unpaired) electrons. The summed E-state index contributed by atoms with van der Waals surface area (Å²) in [6.07, 6.45) is 3.96. The third kappa shape index (κ3) is 3.47. The first-order valence-corrected chi connectivity index (χ1v) is 8.46. The van der Waals surface area contributed by atoms with E-state index in [1.54, 1.807) is 18.3 Å². The Morgan fingerprint density at radius 3 is 2.73 bits per heavy atom. The molecular weight excluding hydrogens is 296 g/mol. The molecule has 22 heavy (non-hydrogen) atoms. The second-order valence-corrected chi connectivity index (χ2v) is 6.74. The molecule has 1 atom stereocenters. The number of thiazole rings is 1. The third-order valence-electron chi connectivity index (χ3n) is 3.78. The summed E-state index contributed by atoms with van der Waals surface area (Å²) >= 11 is 1.59. The smallest absolute Gasteiger partial charge is 0.266 e. The molecule has 0 saturated heterocycles. The zero-order valence-electron chi connectivity index (χ0n) is 12.9.